The van der Waals surface area contributed by atoms with Crippen molar-refractivity contribution in [1.29, 1.82) is 0 Å². The van der Waals surface area contributed by atoms with Crippen molar-refractivity contribution in [2.75, 3.05) is 5.73 Å². The van der Waals surface area contributed by atoms with E-state index >= 15 is 0 Å². The molecule has 0 fully saturated rings. The first kappa shape index (κ1) is 12.5. The van der Waals surface area contributed by atoms with Gasteiger partial charge in [0.2, 0.25) is 0 Å². The largest absolute Gasteiger partial charge is 0.398 e. The van der Waals surface area contributed by atoms with Crippen LogP contribution >= 0.6 is 0 Å². The molecule has 100 valence electrons. The summed E-state index contributed by atoms with van der Waals surface area (Å²) in [5.74, 6) is 5.68. The number of nitrogens with two attached hydrogens (primary N) is 2. The molecule has 5 N–H and O–H groups in total. The van der Waals surface area contributed by atoms with Gasteiger partial charge in [-0.25, -0.2) is 5.43 Å². The average molecular weight is 266 g/mol. The molecule has 0 saturated heterocycles. The van der Waals surface area contributed by atoms with Gasteiger partial charge < -0.3 is 5.73 Å². The molecule has 1 aromatic carbocycles. The lowest BCUT2D eigenvalue weighted by atomic mass is 9.99. The van der Waals surface area contributed by atoms with Crippen molar-refractivity contribution >= 4 is 16.7 Å². The third kappa shape index (κ3) is 2.18. The van der Waals surface area contributed by atoms with Crippen LogP contribution in [-0.4, -0.2) is 15.0 Å². The Kier molecular flexibility index (Phi) is 3.24. The van der Waals surface area contributed by atoms with Gasteiger partial charge in [-0.2, -0.15) is 0 Å². The smallest absolute Gasteiger partial charge is 0.0890 e. The van der Waals surface area contributed by atoms with Crippen LogP contribution in [0, 0.1) is 0 Å². The Balaban J connectivity index is 2.10. The summed E-state index contributed by atoms with van der Waals surface area (Å²) >= 11 is 0. The van der Waals surface area contributed by atoms with Gasteiger partial charge in [0.25, 0.3) is 0 Å². The molecule has 0 aliphatic rings. The number of nitrogens with zero attached hydrogens (tertiary/aromatic N) is 3. The molecule has 0 aliphatic carbocycles. The number of hydrogen-bond acceptors (Lipinski definition) is 6. The van der Waals surface area contributed by atoms with E-state index in [-0.39, 0.29) is 6.04 Å². The Morgan fingerprint density at radius 1 is 1.00 bits per heavy atom. The van der Waals surface area contributed by atoms with E-state index in [0.717, 1.165) is 22.2 Å². The van der Waals surface area contributed by atoms with Gasteiger partial charge in [0.15, 0.2) is 0 Å². The number of nitrogen functional groups attached to an aromatic ring is 1. The van der Waals surface area contributed by atoms with Crippen LogP contribution in [0.15, 0.2) is 49.1 Å². The number of nitrogens with one attached hydrogen (secondary N) is 1. The van der Waals surface area contributed by atoms with Crippen LogP contribution in [0.25, 0.3) is 11.0 Å². The first-order chi connectivity index (χ1) is 9.79. The number of hydrazine groups is 1. The number of hydrogen-bond donors (Lipinski definition) is 3. The van der Waals surface area contributed by atoms with E-state index in [1.165, 1.54) is 0 Å². The summed E-state index contributed by atoms with van der Waals surface area (Å²) in [4.78, 5) is 12.6. The average Bonchev–Trinajstić information content (AvgIpc) is 2.50. The molecule has 0 aliphatic heterocycles. The van der Waals surface area contributed by atoms with Gasteiger partial charge in [0, 0.05) is 36.0 Å². The number of fused-ring (bicyclic) bond motifs is 1. The minimum absolute atomic E-state index is 0.241. The summed E-state index contributed by atoms with van der Waals surface area (Å²) < 4.78 is 0. The van der Waals surface area contributed by atoms with Crippen LogP contribution < -0.4 is 17.0 Å². The number of pyridine rings is 1. The van der Waals surface area contributed by atoms with Crippen molar-refractivity contribution in [3.05, 3.63) is 60.2 Å². The van der Waals surface area contributed by atoms with Gasteiger partial charge in [0.1, 0.15) is 0 Å². The second-order valence-corrected chi connectivity index (χ2v) is 4.41. The summed E-state index contributed by atoms with van der Waals surface area (Å²) in [6, 6.07) is 7.32. The molecule has 3 rings (SSSR count). The Labute approximate surface area is 115 Å². The fraction of sp³-hybridized carbons (Fsp3) is 0.0714. The highest BCUT2D eigenvalue weighted by Crippen LogP contribution is 2.26. The summed E-state index contributed by atoms with van der Waals surface area (Å²) in [5.41, 5.74) is 12.8. The molecule has 2 heterocycles. The van der Waals surface area contributed by atoms with Crippen LogP contribution in [-0.2, 0) is 0 Å². The maximum atomic E-state index is 5.98. The molecule has 6 nitrogen and oxygen atoms in total. The van der Waals surface area contributed by atoms with Gasteiger partial charge in [0.05, 0.1) is 17.1 Å². The molecule has 0 amide bonds. The third-order valence-electron chi connectivity index (χ3n) is 3.19. The van der Waals surface area contributed by atoms with Crippen LogP contribution in [0.1, 0.15) is 17.2 Å². The maximum Gasteiger partial charge on any atom is 0.0890 e. The van der Waals surface area contributed by atoms with Gasteiger partial charge in [-0.1, -0.05) is 6.07 Å². The molecule has 0 radical (unpaired) electrons. The Bertz CT molecular complexity index is 742. The fourth-order valence-corrected chi connectivity index (χ4v) is 2.18. The zero-order valence-corrected chi connectivity index (χ0v) is 10.7. The Morgan fingerprint density at radius 2 is 1.80 bits per heavy atom. The van der Waals surface area contributed by atoms with Gasteiger partial charge in [-0.15, -0.1) is 0 Å². The van der Waals surface area contributed by atoms with Gasteiger partial charge in [-0.05, 0) is 23.8 Å². The van der Waals surface area contributed by atoms with E-state index in [4.69, 9.17) is 11.6 Å². The maximum absolute atomic E-state index is 5.98. The monoisotopic (exact) mass is 266 g/mol. The van der Waals surface area contributed by atoms with Crippen LogP contribution in [0.4, 0.5) is 5.69 Å². The zero-order valence-electron chi connectivity index (χ0n) is 10.7. The fourth-order valence-electron chi connectivity index (χ4n) is 2.18. The van der Waals surface area contributed by atoms with Crippen LogP contribution in [0.5, 0.6) is 0 Å². The molecule has 3 aromatic rings. The first-order valence-electron chi connectivity index (χ1n) is 6.16. The summed E-state index contributed by atoms with van der Waals surface area (Å²) in [6.45, 7) is 0. The molecule has 6 heteroatoms. The minimum Gasteiger partial charge on any atom is -0.398 e. The number of aromatic nitrogens is 3. The summed E-state index contributed by atoms with van der Waals surface area (Å²) in [7, 11) is 0. The summed E-state index contributed by atoms with van der Waals surface area (Å²) in [6.07, 6.45) is 6.69. The zero-order chi connectivity index (χ0) is 13.9. The molecule has 20 heavy (non-hydrogen) atoms. The van der Waals surface area contributed by atoms with E-state index in [1.54, 1.807) is 30.9 Å². The normalized spacial score (nSPS) is 12.4. The summed E-state index contributed by atoms with van der Waals surface area (Å²) in [5, 5.41) is 0. The quantitative estimate of drug-likeness (QED) is 0.485. The second kappa shape index (κ2) is 5.20. The van der Waals surface area contributed by atoms with Gasteiger partial charge >= 0.3 is 0 Å². The third-order valence-corrected chi connectivity index (χ3v) is 3.19. The SMILES string of the molecule is NNC(c1ccc2nccnc2c1)c1cnccc1N. The van der Waals surface area contributed by atoms with Crippen LogP contribution in [0.3, 0.4) is 0 Å². The Morgan fingerprint density at radius 3 is 2.55 bits per heavy atom. The van der Waals surface area contributed by atoms with Gasteiger partial charge in [-0.3, -0.25) is 20.8 Å². The molecule has 0 spiro atoms. The highest BCUT2D eigenvalue weighted by molar-refractivity contribution is 5.75. The first-order valence-corrected chi connectivity index (χ1v) is 6.16. The number of rotatable bonds is 3. The number of benzene rings is 1. The van der Waals surface area contributed by atoms with Crippen molar-refractivity contribution in [2.45, 2.75) is 6.04 Å². The van der Waals surface area contributed by atoms with Crippen molar-refractivity contribution in [3.8, 4) is 0 Å². The predicted octanol–water partition coefficient (Wildman–Crippen LogP) is 1.16. The number of anilines is 1. The Hall–Kier alpha value is -2.57. The van der Waals surface area contributed by atoms with E-state index in [9.17, 15) is 0 Å². The minimum atomic E-state index is -0.241. The molecular weight excluding hydrogens is 252 g/mol. The second-order valence-electron chi connectivity index (χ2n) is 4.41. The van der Waals surface area contributed by atoms with Crippen molar-refractivity contribution in [3.63, 3.8) is 0 Å². The molecular formula is C14H14N6. The van der Waals surface area contributed by atoms with Crippen molar-refractivity contribution in [1.82, 2.24) is 20.4 Å². The predicted molar refractivity (Wildman–Crippen MR) is 77.4 cm³/mol. The van der Waals surface area contributed by atoms with E-state index < -0.39 is 0 Å². The highest BCUT2D eigenvalue weighted by atomic mass is 15.2. The molecule has 1 unspecified atom stereocenters. The standard InChI is InChI=1S/C14H14N6/c15-11-3-4-17-8-10(11)14(20-16)9-1-2-12-13(7-9)19-6-5-18-12/h1-8,14,20H,16H2,(H2,15,17). The van der Waals surface area contributed by atoms with E-state index in [0.29, 0.717) is 5.69 Å². The lowest BCUT2D eigenvalue weighted by Crippen LogP contribution is -2.29. The lowest BCUT2D eigenvalue weighted by molar-refractivity contribution is 0.637. The van der Waals surface area contributed by atoms with Crippen molar-refractivity contribution < 1.29 is 0 Å². The van der Waals surface area contributed by atoms with E-state index in [2.05, 4.69) is 20.4 Å². The molecule has 2 aromatic heterocycles. The van der Waals surface area contributed by atoms with Crippen molar-refractivity contribution in [2.24, 2.45) is 5.84 Å². The van der Waals surface area contributed by atoms with E-state index in [1.807, 2.05) is 18.2 Å². The molecule has 0 bridgehead atoms. The van der Waals surface area contributed by atoms with Crippen LogP contribution in [0.2, 0.25) is 0 Å². The topological polar surface area (TPSA) is 103 Å². The lowest BCUT2D eigenvalue weighted by Gasteiger charge is -2.18. The molecule has 0 saturated carbocycles. The highest BCUT2D eigenvalue weighted by Gasteiger charge is 2.16. The molecule has 1 atom stereocenters.